The molecule has 0 bridgehead atoms. The van der Waals surface area contributed by atoms with Gasteiger partial charge in [0.25, 0.3) is 0 Å². The molecule has 0 aromatic heterocycles. The van der Waals surface area contributed by atoms with Crippen molar-refractivity contribution in [1.82, 2.24) is 0 Å². The quantitative estimate of drug-likeness (QED) is 0.245. The highest BCUT2D eigenvalue weighted by Crippen LogP contribution is 2.38. The molecule has 3 aromatic carbocycles. The fraction of sp³-hybridized carbons (Fsp3) is 0.308. The monoisotopic (exact) mass is 534 g/mol. The first-order valence-electron chi connectivity index (χ1n) is 11.2. The van der Waals surface area contributed by atoms with E-state index < -0.39 is 69.7 Å². The van der Waals surface area contributed by atoms with E-state index in [4.69, 9.17) is 9.47 Å². The van der Waals surface area contributed by atoms with Crippen LogP contribution < -0.4 is 4.74 Å². The van der Waals surface area contributed by atoms with Crippen molar-refractivity contribution < 1.29 is 49.3 Å². The van der Waals surface area contributed by atoms with Gasteiger partial charge in [-0.3, -0.25) is 0 Å². The summed E-state index contributed by atoms with van der Waals surface area (Å²) in [6.07, 6.45) is -5.71. The second kappa shape index (κ2) is 11.5. The topological polar surface area (TPSA) is 27.7 Å². The van der Waals surface area contributed by atoms with E-state index in [-0.39, 0.29) is 24.7 Å². The Labute approximate surface area is 207 Å². The lowest BCUT2D eigenvalue weighted by Crippen LogP contribution is -2.27. The molecule has 1 saturated heterocycles. The Morgan fingerprint density at radius 2 is 1.30 bits per heavy atom. The average molecular weight is 534 g/mol. The van der Waals surface area contributed by atoms with Crippen molar-refractivity contribution >= 4 is 0 Å². The molecule has 0 spiro atoms. The van der Waals surface area contributed by atoms with Gasteiger partial charge in [-0.2, -0.15) is 8.78 Å². The molecule has 11 heteroatoms. The second-order valence-electron chi connectivity index (χ2n) is 7.98. The maximum Gasteiger partial charge on any atom is 0.432 e. The van der Waals surface area contributed by atoms with Crippen LogP contribution in [0.5, 0.6) is 5.75 Å². The summed E-state index contributed by atoms with van der Waals surface area (Å²) < 4.78 is 128. The minimum Gasteiger partial charge on any atom is -0.429 e. The molecular weight excluding hydrogens is 512 g/mol. The molecule has 0 unspecified atom stereocenters. The zero-order valence-electron chi connectivity index (χ0n) is 19.9. The van der Waals surface area contributed by atoms with Gasteiger partial charge < -0.3 is 14.2 Å². The number of ether oxygens (including phenoxy) is 3. The Bertz CT molecular complexity index is 1210. The van der Waals surface area contributed by atoms with Crippen LogP contribution in [0.15, 0.2) is 42.5 Å². The van der Waals surface area contributed by atoms with Crippen molar-refractivity contribution in [3.05, 3.63) is 88.5 Å². The lowest BCUT2D eigenvalue weighted by Gasteiger charge is -2.28. The number of rotatable bonds is 5. The zero-order chi connectivity index (χ0) is 27.5. The van der Waals surface area contributed by atoms with Crippen LogP contribution in [0.2, 0.25) is 0 Å². The van der Waals surface area contributed by atoms with E-state index in [2.05, 4.69) is 4.74 Å². The molecule has 0 saturated carbocycles. The standard InChI is InChI=1S/C24H16F8O3.C2H6/c1-11-9-33-23(34-10-11)13-6-17(26)21(18(27)7-13)24(31,32)35-14-2-3-15(16(25)8-14)12-4-19(28)22(30)20(29)5-12;1-2/h2-8,11,23H,9-10H2,1H3;1-2H3. The zero-order valence-corrected chi connectivity index (χ0v) is 19.9. The van der Waals surface area contributed by atoms with Crippen LogP contribution in [0.1, 0.15) is 38.2 Å². The Morgan fingerprint density at radius 3 is 1.81 bits per heavy atom. The van der Waals surface area contributed by atoms with E-state index in [0.717, 1.165) is 12.1 Å². The third kappa shape index (κ3) is 6.22. The largest absolute Gasteiger partial charge is 0.432 e. The molecule has 200 valence electrons. The van der Waals surface area contributed by atoms with Crippen LogP contribution in [0.3, 0.4) is 0 Å². The maximum atomic E-state index is 14.7. The maximum absolute atomic E-state index is 14.7. The summed E-state index contributed by atoms with van der Waals surface area (Å²) in [4.78, 5) is 0. The summed E-state index contributed by atoms with van der Waals surface area (Å²) in [7, 11) is 0. The van der Waals surface area contributed by atoms with Crippen molar-refractivity contribution in [2.45, 2.75) is 33.2 Å². The van der Waals surface area contributed by atoms with Crippen molar-refractivity contribution in [2.75, 3.05) is 13.2 Å². The average Bonchev–Trinajstić information content (AvgIpc) is 2.83. The summed E-state index contributed by atoms with van der Waals surface area (Å²) in [5, 5.41) is 0. The summed E-state index contributed by atoms with van der Waals surface area (Å²) in [5.41, 5.74) is -2.74. The Balaban J connectivity index is 0.00000186. The molecule has 0 radical (unpaired) electrons. The summed E-state index contributed by atoms with van der Waals surface area (Å²) >= 11 is 0. The highest BCUT2D eigenvalue weighted by molar-refractivity contribution is 5.65. The molecule has 1 heterocycles. The second-order valence-corrected chi connectivity index (χ2v) is 7.98. The number of benzene rings is 3. The van der Waals surface area contributed by atoms with Gasteiger partial charge in [0.05, 0.1) is 13.2 Å². The molecule has 37 heavy (non-hydrogen) atoms. The van der Waals surface area contributed by atoms with Crippen LogP contribution >= 0.6 is 0 Å². The molecule has 1 aliphatic rings. The van der Waals surface area contributed by atoms with E-state index in [1.54, 1.807) is 0 Å². The first-order valence-corrected chi connectivity index (χ1v) is 11.2. The van der Waals surface area contributed by atoms with Crippen LogP contribution in [0, 0.1) is 40.8 Å². The minimum atomic E-state index is -4.57. The molecule has 3 nitrogen and oxygen atoms in total. The molecular formula is C26H22F8O3. The smallest absolute Gasteiger partial charge is 0.429 e. The molecule has 1 aliphatic heterocycles. The number of alkyl halides is 2. The van der Waals surface area contributed by atoms with Crippen LogP contribution in [-0.4, -0.2) is 13.2 Å². The fourth-order valence-corrected chi connectivity index (χ4v) is 3.50. The summed E-state index contributed by atoms with van der Waals surface area (Å²) in [6.45, 7) is 6.31. The van der Waals surface area contributed by atoms with Gasteiger partial charge in [0.1, 0.15) is 28.8 Å². The van der Waals surface area contributed by atoms with Gasteiger partial charge in [-0.25, -0.2) is 26.3 Å². The normalized spacial score (nSPS) is 17.7. The predicted molar refractivity (Wildman–Crippen MR) is 118 cm³/mol. The van der Waals surface area contributed by atoms with E-state index in [0.29, 0.717) is 30.3 Å². The minimum absolute atomic E-state index is 0.0471. The molecule has 0 aliphatic carbocycles. The van der Waals surface area contributed by atoms with Gasteiger partial charge in [-0.1, -0.05) is 20.8 Å². The van der Waals surface area contributed by atoms with Crippen LogP contribution in [0.25, 0.3) is 11.1 Å². The van der Waals surface area contributed by atoms with E-state index in [1.807, 2.05) is 20.8 Å². The van der Waals surface area contributed by atoms with Gasteiger partial charge in [0.2, 0.25) is 0 Å². The number of hydrogen-bond acceptors (Lipinski definition) is 3. The molecule has 0 atom stereocenters. The van der Waals surface area contributed by atoms with E-state index in [9.17, 15) is 35.1 Å². The van der Waals surface area contributed by atoms with Crippen molar-refractivity contribution in [3.63, 3.8) is 0 Å². The third-order valence-electron chi connectivity index (χ3n) is 5.17. The highest BCUT2D eigenvalue weighted by atomic mass is 19.3. The van der Waals surface area contributed by atoms with Crippen molar-refractivity contribution in [1.29, 1.82) is 0 Å². The van der Waals surface area contributed by atoms with Gasteiger partial charge in [0, 0.05) is 23.1 Å². The Morgan fingerprint density at radius 1 is 0.757 bits per heavy atom. The lowest BCUT2D eigenvalue weighted by atomic mass is 10.0. The lowest BCUT2D eigenvalue weighted by molar-refractivity contribution is -0.203. The van der Waals surface area contributed by atoms with Crippen molar-refractivity contribution in [2.24, 2.45) is 5.92 Å². The molecule has 1 fully saturated rings. The molecule has 0 amide bonds. The summed E-state index contributed by atoms with van der Waals surface area (Å²) in [6, 6.07) is 4.33. The van der Waals surface area contributed by atoms with E-state index in [1.165, 1.54) is 0 Å². The summed E-state index contributed by atoms with van der Waals surface area (Å²) in [5.74, 6) is -10.3. The fourth-order valence-electron chi connectivity index (χ4n) is 3.50. The third-order valence-corrected chi connectivity index (χ3v) is 5.17. The number of halogens is 8. The van der Waals surface area contributed by atoms with Gasteiger partial charge in [-0.05, 0) is 42.0 Å². The van der Waals surface area contributed by atoms with E-state index >= 15 is 0 Å². The molecule has 3 aromatic rings. The first kappa shape index (κ1) is 28.4. The van der Waals surface area contributed by atoms with Crippen LogP contribution in [-0.2, 0) is 15.6 Å². The molecule has 0 N–H and O–H groups in total. The highest BCUT2D eigenvalue weighted by Gasteiger charge is 2.42. The van der Waals surface area contributed by atoms with Gasteiger partial charge >= 0.3 is 6.11 Å². The first-order chi connectivity index (χ1) is 17.5. The molecule has 4 rings (SSSR count). The Hall–Kier alpha value is -3.18. The van der Waals surface area contributed by atoms with Crippen molar-refractivity contribution in [3.8, 4) is 16.9 Å². The Kier molecular flexibility index (Phi) is 8.80. The van der Waals surface area contributed by atoms with Gasteiger partial charge in [-0.15, -0.1) is 0 Å². The number of hydrogen-bond donors (Lipinski definition) is 0. The predicted octanol–water partition coefficient (Wildman–Crippen LogP) is 8.02. The SMILES string of the molecule is CC.CC1COC(c2cc(F)c(C(F)(F)Oc3ccc(-c4cc(F)c(F)c(F)c4)c(F)c3)c(F)c2)OC1. The van der Waals surface area contributed by atoms with Crippen LogP contribution in [0.4, 0.5) is 35.1 Å². The van der Waals surface area contributed by atoms with Gasteiger partial charge in [0.15, 0.2) is 23.7 Å².